The van der Waals surface area contributed by atoms with Gasteiger partial charge in [0.05, 0.1) is 0 Å². The Balaban J connectivity index is 0.000000302. The third-order valence-electron chi connectivity index (χ3n) is 3.05. The van der Waals surface area contributed by atoms with Crippen LogP contribution in [0.3, 0.4) is 0 Å². The number of hydrogen-bond donors (Lipinski definition) is 1. The molecular weight excluding hydrogens is 230 g/mol. The minimum Gasteiger partial charge on any atom is -0.397 e. The minimum atomic E-state index is -1.21. The molecular formula is C13H31NO2Si. The first-order valence-electron chi connectivity index (χ1n) is 7.18. The van der Waals surface area contributed by atoms with Crippen molar-refractivity contribution in [3.8, 4) is 0 Å². The lowest BCUT2D eigenvalue weighted by atomic mass is 9.96. The molecule has 0 unspecified atom stereocenters. The van der Waals surface area contributed by atoms with Crippen LogP contribution in [0.4, 0.5) is 0 Å². The first kappa shape index (κ1) is 17.1. The lowest BCUT2D eigenvalue weighted by molar-refractivity contribution is 0.214. The summed E-state index contributed by atoms with van der Waals surface area (Å²) in [6, 6.07) is 1.91. The van der Waals surface area contributed by atoms with Gasteiger partial charge in [0, 0.05) is 19.3 Å². The van der Waals surface area contributed by atoms with Crippen LogP contribution in [0, 0.1) is 0 Å². The topological polar surface area (TPSA) is 30.5 Å². The molecule has 0 aliphatic heterocycles. The summed E-state index contributed by atoms with van der Waals surface area (Å²) in [5.41, 5.74) is 0. The number of rotatable bonds is 6. The molecule has 0 aromatic rings. The van der Waals surface area contributed by atoms with Gasteiger partial charge in [-0.05, 0) is 39.8 Å². The van der Waals surface area contributed by atoms with Crippen LogP contribution in [0.1, 0.15) is 52.9 Å². The van der Waals surface area contributed by atoms with Crippen LogP contribution < -0.4 is 5.32 Å². The molecule has 0 saturated heterocycles. The van der Waals surface area contributed by atoms with Gasteiger partial charge in [-0.1, -0.05) is 26.2 Å². The molecule has 0 heterocycles. The molecule has 0 aromatic carbocycles. The Morgan fingerprint density at radius 1 is 1.00 bits per heavy atom. The first-order chi connectivity index (χ1) is 8.28. The predicted octanol–water partition coefficient (Wildman–Crippen LogP) is 2.84. The Morgan fingerprint density at radius 2 is 1.53 bits per heavy atom. The molecule has 1 rings (SSSR count). The molecule has 0 amide bonds. The molecule has 0 spiro atoms. The van der Waals surface area contributed by atoms with Gasteiger partial charge in [0.1, 0.15) is 0 Å². The van der Waals surface area contributed by atoms with Gasteiger partial charge in [-0.25, -0.2) is 0 Å². The van der Waals surface area contributed by atoms with Crippen LogP contribution in [0.25, 0.3) is 0 Å². The molecule has 0 radical (unpaired) electrons. The van der Waals surface area contributed by atoms with Crippen molar-refractivity contribution in [2.45, 2.75) is 65.0 Å². The SMILES string of the molecule is CCO[SiH](CC)OCC.CNC1CCCCC1. The summed E-state index contributed by atoms with van der Waals surface area (Å²) in [6.07, 6.45) is 7.13. The normalized spacial score (nSPS) is 16.8. The highest BCUT2D eigenvalue weighted by atomic mass is 28.3. The van der Waals surface area contributed by atoms with Gasteiger partial charge >= 0.3 is 9.28 Å². The lowest BCUT2D eigenvalue weighted by Gasteiger charge is -2.20. The maximum atomic E-state index is 5.35. The molecule has 104 valence electrons. The molecule has 17 heavy (non-hydrogen) atoms. The van der Waals surface area contributed by atoms with E-state index in [4.69, 9.17) is 8.85 Å². The van der Waals surface area contributed by atoms with E-state index in [0.29, 0.717) is 0 Å². The number of hydrogen-bond acceptors (Lipinski definition) is 3. The summed E-state index contributed by atoms with van der Waals surface area (Å²) in [6.45, 7) is 7.72. The lowest BCUT2D eigenvalue weighted by Crippen LogP contribution is -2.26. The van der Waals surface area contributed by atoms with Crippen LogP contribution in [-0.4, -0.2) is 35.6 Å². The zero-order valence-electron chi connectivity index (χ0n) is 12.1. The largest absolute Gasteiger partial charge is 0.397 e. The fourth-order valence-electron chi connectivity index (χ4n) is 2.05. The molecule has 1 saturated carbocycles. The highest BCUT2D eigenvalue weighted by Gasteiger charge is 2.09. The molecule has 1 fully saturated rings. The quantitative estimate of drug-likeness (QED) is 0.746. The highest BCUT2D eigenvalue weighted by molar-refractivity contribution is 6.44. The smallest absolute Gasteiger partial charge is 0.321 e. The van der Waals surface area contributed by atoms with Crippen molar-refractivity contribution in [1.82, 2.24) is 5.32 Å². The summed E-state index contributed by atoms with van der Waals surface area (Å²) >= 11 is 0. The molecule has 1 aliphatic rings. The molecule has 0 atom stereocenters. The van der Waals surface area contributed by atoms with Crippen LogP contribution >= 0.6 is 0 Å². The zero-order chi connectivity index (χ0) is 12.9. The monoisotopic (exact) mass is 261 g/mol. The van der Waals surface area contributed by atoms with Gasteiger partial charge in [0.2, 0.25) is 0 Å². The Labute approximate surface area is 109 Å². The van der Waals surface area contributed by atoms with Gasteiger partial charge in [0.15, 0.2) is 0 Å². The van der Waals surface area contributed by atoms with Gasteiger partial charge in [-0.3, -0.25) is 0 Å². The molecule has 1 N–H and O–H groups in total. The Hall–Kier alpha value is 0.0969. The second-order valence-electron chi connectivity index (χ2n) is 4.37. The summed E-state index contributed by atoms with van der Waals surface area (Å²) in [5.74, 6) is 0. The summed E-state index contributed by atoms with van der Waals surface area (Å²) < 4.78 is 10.7. The molecule has 0 aromatic heterocycles. The maximum Gasteiger partial charge on any atom is 0.321 e. The predicted molar refractivity (Wildman–Crippen MR) is 76.8 cm³/mol. The first-order valence-corrected chi connectivity index (χ1v) is 8.94. The molecule has 3 nitrogen and oxygen atoms in total. The Morgan fingerprint density at radius 3 is 1.82 bits per heavy atom. The van der Waals surface area contributed by atoms with E-state index in [2.05, 4.69) is 19.3 Å². The van der Waals surface area contributed by atoms with E-state index >= 15 is 0 Å². The van der Waals surface area contributed by atoms with Crippen molar-refractivity contribution in [2.75, 3.05) is 20.3 Å². The van der Waals surface area contributed by atoms with Gasteiger partial charge in [-0.15, -0.1) is 0 Å². The average molecular weight is 261 g/mol. The second-order valence-corrected chi connectivity index (χ2v) is 6.71. The summed E-state index contributed by atoms with van der Waals surface area (Å²) in [4.78, 5) is 0. The summed E-state index contributed by atoms with van der Waals surface area (Å²) in [7, 11) is 0.852. The maximum absolute atomic E-state index is 5.35. The van der Waals surface area contributed by atoms with Crippen LogP contribution in [0.15, 0.2) is 0 Å². The van der Waals surface area contributed by atoms with E-state index in [0.717, 1.165) is 25.3 Å². The van der Waals surface area contributed by atoms with E-state index in [9.17, 15) is 0 Å². The molecule has 1 aliphatic carbocycles. The van der Waals surface area contributed by atoms with Gasteiger partial charge in [-0.2, -0.15) is 0 Å². The highest BCUT2D eigenvalue weighted by Crippen LogP contribution is 2.16. The fourth-order valence-corrected chi connectivity index (χ4v) is 3.36. The van der Waals surface area contributed by atoms with Crippen molar-refractivity contribution >= 4 is 9.28 Å². The third-order valence-corrected chi connectivity index (χ3v) is 5.13. The zero-order valence-corrected chi connectivity index (χ0v) is 13.3. The third kappa shape index (κ3) is 9.77. The molecule has 0 bridgehead atoms. The van der Waals surface area contributed by atoms with Crippen molar-refractivity contribution < 1.29 is 8.85 Å². The van der Waals surface area contributed by atoms with Crippen molar-refractivity contribution in [2.24, 2.45) is 0 Å². The van der Waals surface area contributed by atoms with Gasteiger partial charge in [0.25, 0.3) is 0 Å². The van der Waals surface area contributed by atoms with Crippen molar-refractivity contribution in [1.29, 1.82) is 0 Å². The average Bonchev–Trinajstić information content (AvgIpc) is 2.40. The van der Waals surface area contributed by atoms with Crippen LogP contribution in [0.2, 0.25) is 6.04 Å². The van der Waals surface area contributed by atoms with E-state index < -0.39 is 9.28 Å². The standard InChI is InChI=1S/C7H15N.C6H16O2Si/c1-8-7-5-3-2-4-6-7;1-4-7-9(6-3)8-5-2/h7-8H,2-6H2,1H3;9H,4-6H2,1-3H3. The van der Waals surface area contributed by atoms with E-state index in [1.165, 1.54) is 32.1 Å². The van der Waals surface area contributed by atoms with Crippen molar-refractivity contribution in [3.05, 3.63) is 0 Å². The summed E-state index contributed by atoms with van der Waals surface area (Å²) in [5, 5.41) is 3.30. The minimum absolute atomic E-state index is 0.796. The fraction of sp³-hybridized carbons (Fsp3) is 1.00. The van der Waals surface area contributed by atoms with E-state index in [-0.39, 0.29) is 0 Å². The second kappa shape index (κ2) is 12.6. The number of nitrogens with one attached hydrogen (secondary N) is 1. The van der Waals surface area contributed by atoms with Crippen LogP contribution in [0.5, 0.6) is 0 Å². The Bertz CT molecular complexity index is 146. The van der Waals surface area contributed by atoms with Crippen molar-refractivity contribution in [3.63, 3.8) is 0 Å². The van der Waals surface area contributed by atoms with Gasteiger partial charge < -0.3 is 14.2 Å². The van der Waals surface area contributed by atoms with E-state index in [1.54, 1.807) is 0 Å². The Kier molecular flexibility index (Phi) is 12.6. The molecule has 4 heteroatoms. The van der Waals surface area contributed by atoms with Crippen LogP contribution in [-0.2, 0) is 8.85 Å². The van der Waals surface area contributed by atoms with E-state index in [1.807, 2.05) is 13.8 Å².